The lowest BCUT2D eigenvalue weighted by atomic mass is 9.97. The first-order chi connectivity index (χ1) is 11.5. The zero-order chi connectivity index (χ0) is 17.5. The van der Waals surface area contributed by atoms with Crippen molar-refractivity contribution in [2.75, 3.05) is 13.7 Å². The van der Waals surface area contributed by atoms with Gasteiger partial charge in [0, 0.05) is 18.4 Å². The van der Waals surface area contributed by atoms with Crippen LogP contribution in [0, 0.1) is 5.92 Å². The van der Waals surface area contributed by atoms with Crippen molar-refractivity contribution in [2.45, 2.75) is 20.3 Å². The van der Waals surface area contributed by atoms with Crippen LogP contribution in [-0.4, -0.2) is 23.9 Å². The highest BCUT2D eigenvalue weighted by molar-refractivity contribution is 5.56. The van der Waals surface area contributed by atoms with Gasteiger partial charge in [-0.2, -0.15) is 0 Å². The van der Waals surface area contributed by atoms with E-state index in [0.717, 1.165) is 11.3 Å². The molecule has 1 aromatic rings. The monoisotopic (exact) mass is 328 g/mol. The van der Waals surface area contributed by atoms with Gasteiger partial charge in [0.15, 0.2) is 11.5 Å². The molecule has 0 aromatic heterocycles. The van der Waals surface area contributed by atoms with Crippen molar-refractivity contribution in [3.63, 3.8) is 0 Å². The van der Waals surface area contributed by atoms with Crippen molar-refractivity contribution in [1.29, 1.82) is 0 Å². The highest BCUT2D eigenvalue weighted by atomic mass is 16.5. The summed E-state index contributed by atoms with van der Waals surface area (Å²) in [7, 11) is 1.52. The molecule has 1 aliphatic carbocycles. The highest BCUT2D eigenvalue weighted by Crippen LogP contribution is 2.28. The third-order valence-electron chi connectivity index (χ3n) is 3.63. The van der Waals surface area contributed by atoms with Crippen LogP contribution in [0.1, 0.15) is 25.8 Å². The number of allylic oxidation sites excluding steroid dienone is 5. The molecule has 1 aliphatic rings. The lowest BCUT2D eigenvalue weighted by Crippen LogP contribution is -2.05. The molecule has 0 aliphatic heterocycles. The summed E-state index contributed by atoms with van der Waals surface area (Å²) in [5.74, 6) is 1.58. The van der Waals surface area contributed by atoms with E-state index in [1.54, 1.807) is 24.3 Å². The fraction of sp³-hybridized carbons (Fsp3) is 0.300. The van der Waals surface area contributed by atoms with Gasteiger partial charge in [-0.3, -0.25) is 0 Å². The van der Waals surface area contributed by atoms with Crippen LogP contribution in [0.5, 0.6) is 11.5 Å². The summed E-state index contributed by atoms with van der Waals surface area (Å²) in [5, 5.41) is 19.5. The lowest BCUT2D eigenvalue weighted by Gasteiger charge is -2.17. The molecule has 0 radical (unpaired) electrons. The third kappa shape index (κ3) is 5.23. The van der Waals surface area contributed by atoms with Gasteiger partial charge in [-0.05, 0) is 43.7 Å². The second kappa shape index (κ2) is 8.29. The van der Waals surface area contributed by atoms with Crippen LogP contribution in [0.15, 0.2) is 59.6 Å². The number of benzene rings is 1. The van der Waals surface area contributed by atoms with E-state index in [1.807, 2.05) is 38.1 Å². The number of methoxy groups -OCH3 is 1. The Morgan fingerprint density at radius 3 is 2.79 bits per heavy atom. The fourth-order valence-corrected chi connectivity index (χ4v) is 2.35. The zero-order valence-corrected chi connectivity index (χ0v) is 14.3. The molecule has 0 saturated heterocycles. The summed E-state index contributed by atoms with van der Waals surface area (Å²) >= 11 is 0. The first-order valence-corrected chi connectivity index (χ1v) is 7.90. The first kappa shape index (κ1) is 17.7. The second-order valence-electron chi connectivity index (χ2n) is 5.95. The summed E-state index contributed by atoms with van der Waals surface area (Å²) < 4.78 is 10.8. The Bertz CT molecular complexity index is 692. The summed E-state index contributed by atoms with van der Waals surface area (Å²) in [4.78, 5) is 0. The molecule has 1 unspecified atom stereocenters. The number of ether oxygens (including phenoxy) is 2. The molecular formula is C20H24O4. The molecule has 2 rings (SSSR count). The minimum Gasteiger partial charge on any atom is -0.508 e. The molecule has 0 fully saturated rings. The Hall–Kier alpha value is -2.62. The average molecular weight is 328 g/mol. The van der Waals surface area contributed by atoms with Crippen LogP contribution in [0.3, 0.4) is 0 Å². The number of hydrogen-bond acceptors (Lipinski definition) is 4. The van der Waals surface area contributed by atoms with E-state index in [4.69, 9.17) is 9.47 Å². The number of phenols is 1. The number of phenolic OH excluding ortho intramolecular Hbond substituents is 1. The van der Waals surface area contributed by atoms with E-state index >= 15 is 0 Å². The lowest BCUT2D eigenvalue weighted by molar-refractivity contribution is 0.225. The van der Waals surface area contributed by atoms with Crippen molar-refractivity contribution >= 4 is 6.08 Å². The van der Waals surface area contributed by atoms with Gasteiger partial charge in [0.1, 0.15) is 18.1 Å². The Balaban J connectivity index is 2.02. The van der Waals surface area contributed by atoms with Crippen LogP contribution >= 0.6 is 0 Å². The molecular weight excluding hydrogens is 304 g/mol. The Morgan fingerprint density at radius 1 is 1.29 bits per heavy atom. The van der Waals surface area contributed by atoms with Crippen molar-refractivity contribution in [1.82, 2.24) is 0 Å². The Labute approximate surface area is 143 Å². The van der Waals surface area contributed by atoms with E-state index in [1.165, 1.54) is 12.7 Å². The standard InChI is InChI=1S/C20H24O4/c1-14(2)8-9-24-18-11-16(10-17(21)13-18)5-4-15-6-7-19(22)20(12-15)23-3/h4-8,10,12-13,16,21-22H,9,11H2,1-3H3. The predicted octanol–water partition coefficient (Wildman–Crippen LogP) is 4.74. The van der Waals surface area contributed by atoms with Crippen LogP contribution in [0.4, 0.5) is 0 Å². The van der Waals surface area contributed by atoms with E-state index in [2.05, 4.69) is 0 Å². The summed E-state index contributed by atoms with van der Waals surface area (Å²) in [6.45, 7) is 4.55. The van der Waals surface area contributed by atoms with Gasteiger partial charge in [0.05, 0.1) is 7.11 Å². The quantitative estimate of drug-likeness (QED) is 0.740. The van der Waals surface area contributed by atoms with E-state index in [-0.39, 0.29) is 17.4 Å². The maximum absolute atomic E-state index is 9.88. The number of aromatic hydroxyl groups is 1. The SMILES string of the molecule is COc1cc(C=CC2C=C(O)C=C(OCC=C(C)C)C2)ccc1O. The third-order valence-corrected chi connectivity index (χ3v) is 3.63. The first-order valence-electron chi connectivity index (χ1n) is 7.90. The van der Waals surface area contributed by atoms with Crippen LogP contribution < -0.4 is 4.74 Å². The minimum absolute atomic E-state index is 0.0523. The van der Waals surface area contributed by atoms with Gasteiger partial charge in [0.2, 0.25) is 0 Å². The molecule has 2 N–H and O–H groups in total. The van der Waals surface area contributed by atoms with Crippen LogP contribution in [-0.2, 0) is 4.74 Å². The van der Waals surface area contributed by atoms with Crippen molar-refractivity contribution in [2.24, 2.45) is 5.92 Å². The Morgan fingerprint density at radius 2 is 2.08 bits per heavy atom. The highest BCUT2D eigenvalue weighted by Gasteiger charge is 2.14. The van der Waals surface area contributed by atoms with E-state index < -0.39 is 0 Å². The van der Waals surface area contributed by atoms with Crippen molar-refractivity contribution in [3.8, 4) is 11.5 Å². The fourth-order valence-electron chi connectivity index (χ4n) is 2.35. The van der Waals surface area contributed by atoms with Crippen LogP contribution in [0.2, 0.25) is 0 Å². The molecule has 0 heterocycles. The second-order valence-corrected chi connectivity index (χ2v) is 5.95. The molecule has 4 nitrogen and oxygen atoms in total. The van der Waals surface area contributed by atoms with Gasteiger partial charge in [-0.25, -0.2) is 0 Å². The minimum atomic E-state index is 0.0523. The Kier molecular flexibility index (Phi) is 6.13. The number of rotatable bonds is 6. The molecule has 0 amide bonds. The number of hydrogen-bond donors (Lipinski definition) is 2. The predicted molar refractivity (Wildman–Crippen MR) is 96.0 cm³/mol. The molecule has 24 heavy (non-hydrogen) atoms. The van der Waals surface area contributed by atoms with E-state index in [0.29, 0.717) is 18.8 Å². The normalized spacial score (nSPS) is 17.2. The summed E-state index contributed by atoms with van der Waals surface area (Å²) in [6, 6.07) is 5.17. The molecule has 0 saturated carbocycles. The topological polar surface area (TPSA) is 58.9 Å². The van der Waals surface area contributed by atoms with Gasteiger partial charge in [-0.15, -0.1) is 0 Å². The largest absolute Gasteiger partial charge is 0.508 e. The number of aliphatic hydroxyl groups is 1. The summed E-state index contributed by atoms with van der Waals surface area (Å²) in [6.07, 6.45) is 10.1. The van der Waals surface area contributed by atoms with Crippen molar-refractivity contribution in [3.05, 3.63) is 65.2 Å². The maximum Gasteiger partial charge on any atom is 0.161 e. The maximum atomic E-state index is 9.88. The van der Waals surface area contributed by atoms with Crippen molar-refractivity contribution < 1.29 is 19.7 Å². The van der Waals surface area contributed by atoms with Gasteiger partial charge in [0.25, 0.3) is 0 Å². The zero-order valence-electron chi connectivity index (χ0n) is 14.3. The number of aliphatic hydroxyl groups excluding tert-OH is 1. The van der Waals surface area contributed by atoms with Crippen LogP contribution in [0.25, 0.3) is 6.08 Å². The summed E-state index contributed by atoms with van der Waals surface area (Å²) in [5.41, 5.74) is 2.11. The molecule has 1 aromatic carbocycles. The molecule has 0 bridgehead atoms. The smallest absolute Gasteiger partial charge is 0.161 e. The van der Waals surface area contributed by atoms with Gasteiger partial charge in [-0.1, -0.05) is 23.8 Å². The van der Waals surface area contributed by atoms with Gasteiger partial charge < -0.3 is 19.7 Å². The molecule has 4 heteroatoms. The molecule has 128 valence electrons. The molecule has 0 spiro atoms. The molecule has 1 atom stereocenters. The average Bonchev–Trinajstić information content (AvgIpc) is 2.53. The van der Waals surface area contributed by atoms with Gasteiger partial charge >= 0.3 is 0 Å². The van der Waals surface area contributed by atoms with E-state index in [9.17, 15) is 10.2 Å².